The molecule has 0 saturated heterocycles. The minimum atomic E-state index is 0.353. The van der Waals surface area contributed by atoms with Gasteiger partial charge in [-0.15, -0.1) is 0 Å². The number of methoxy groups -OCH3 is 1. The van der Waals surface area contributed by atoms with Crippen LogP contribution in [0.15, 0.2) is 4.99 Å². The van der Waals surface area contributed by atoms with Crippen LogP contribution >= 0.6 is 0 Å². The Hall–Kier alpha value is -0.610. The quantitative estimate of drug-likeness (QED) is 0.241. The Kier molecular flexibility index (Phi) is 7.34. The number of nitrogens with zero attached hydrogens (tertiary/aromatic N) is 1. The zero-order valence-electron chi connectivity index (χ0n) is 11.3. The Labute approximate surface area is 99.6 Å². The van der Waals surface area contributed by atoms with Gasteiger partial charge >= 0.3 is 0 Å². The molecule has 0 fully saturated rings. The first-order valence-corrected chi connectivity index (χ1v) is 5.88. The van der Waals surface area contributed by atoms with Crippen LogP contribution in [0.5, 0.6) is 0 Å². The Morgan fingerprint density at radius 1 is 1.44 bits per heavy atom. The molecule has 16 heavy (non-hydrogen) atoms. The van der Waals surface area contributed by atoms with Crippen molar-refractivity contribution < 1.29 is 4.74 Å². The van der Waals surface area contributed by atoms with Crippen LogP contribution in [-0.2, 0) is 4.74 Å². The minimum absolute atomic E-state index is 0.353. The smallest absolute Gasteiger partial charge is 0.111 e. The van der Waals surface area contributed by atoms with Crippen molar-refractivity contribution in [1.82, 2.24) is 5.43 Å². The zero-order chi connectivity index (χ0) is 12.6. The third kappa shape index (κ3) is 8.68. The van der Waals surface area contributed by atoms with Gasteiger partial charge < -0.3 is 10.2 Å². The summed E-state index contributed by atoms with van der Waals surface area (Å²) in [6, 6.07) is 0. The third-order valence-electron chi connectivity index (χ3n) is 2.27. The van der Waals surface area contributed by atoms with Gasteiger partial charge in [0.05, 0.1) is 13.2 Å². The van der Waals surface area contributed by atoms with Gasteiger partial charge in [0.2, 0.25) is 0 Å². The number of rotatable bonds is 6. The molecule has 0 radical (unpaired) electrons. The van der Waals surface area contributed by atoms with E-state index in [9.17, 15) is 0 Å². The molecule has 4 nitrogen and oxygen atoms in total. The molecule has 0 saturated carbocycles. The highest BCUT2D eigenvalue weighted by atomic mass is 16.5. The number of hydrogen-bond donors (Lipinski definition) is 2. The van der Waals surface area contributed by atoms with Gasteiger partial charge in [0.25, 0.3) is 0 Å². The van der Waals surface area contributed by atoms with Gasteiger partial charge in [-0.3, -0.25) is 4.99 Å². The summed E-state index contributed by atoms with van der Waals surface area (Å²) in [7, 11) is 1.67. The van der Waals surface area contributed by atoms with Gasteiger partial charge in [0.15, 0.2) is 0 Å². The fraction of sp³-hybridized carbons (Fsp3) is 0.917. The number of hydrogen-bond acceptors (Lipinski definition) is 3. The van der Waals surface area contributed by atoms with E-state index in [4.69, 9.17) is 10.6 Å². The van der Waals surface area contributed by atoms with Crippen LogP contribution in [0.2, 0.25) is 0 Å². The van der Waals surface area contributed by atoms with E-state index in [1.54, 1.807) is 7.11 Å². The molecule has 0 aliphatic carbocycles. The molecule has 1 unspecified atom stereocenters. The Bertz CT molecular complexity index is 209. The van der Waals surface area contributed by atoms with E-state index in [1.807, 2.05) is 0 Å². The van der Waals surface area contributed by atoms with E-state index in [1.165, 1.54) is 0 Å². The average molecular weight is 229 g/mol. The van der Waals surface area contributed by atoms with Crippen molar-refractivity contribution >= 4 is 5.84 Å². The van der Waals surface area contributed by atoms with E-state index in [0.717, 1.165) is 18.7 Å². The van der Waals surface area contributed by atoms with Crippen LogP contribution in [0.4, 0.5) is 0 Å². The van der Waals surface area contributed by atoms with Gasteiger partial charge in [-0.05, 0) is 17.8 Å². The van der Waals surface area contributed by atoms with Crippen LogP contribution in [-0.4, -0.2) is 26.1 Å². The summed E-state index contributed by atoms with van der Waals surface area (Å²) in [5, 5.41) is 0. The van der Waals surface area contributed by atoms with Gasteiger partial charge in [0, 0.05) is 13.5 Å². The van der Waals surface area contributed by atoms with E-state index in [0.29, 0.717) is 24.5 Å². The molecule has 0 aromatic carbocycles. The van der Waals surface area contributed by atoms with Crippen LogP contribution in [0.3, 0.4) is 0 Å². The molecule has 1 atom stereocenters. The molecule has 0 bridgehead atoms. The average Bonchev–Trinajstić information content (AvgIpc) is 2.13. The first-order chi connectivity index (χ1) is 7.39. The van der Waals surface area contributed by atoms with Crippen LogP contribution in [0.25, 0.3) is 0 Å². The monoisotopic (exact) mass is 229 g/mol. The highest BCUT2D eigenvalue weighted by Crippen LogP contribution is 2.25. The van der Waals surface area contributed by atoms with Crippen molar-refractivity contribution in [3.05, 3.63) is 0 Å². The predicted octanol–water partition coefficient (Wildman–Crippen LogP) is 1.96. The first kappa shape index (κ1) is 15.4. The first-order valence-electron chi connectivity index (χ1n) is 5.88. The van der Waals surface area contributed by atoms with Crippen molar-refractivity contribution in [3.8, 4) is 0 Å². The number of nitrogens with one attached hydrogen (secondary N) is 1. The largest absolute Gasteiger partial charge is 0.383 e. The van der Waals surface area contributed by atoms with E-state index in [2.05, 4.69) is 38.1 Å². The van der Waals surface area contributed by atoms with E-state index in [-0.39, 0.29) is 0 Å². The lowest BCUT2D eigenvalue weighted by Gasteiger charge is -2.23. The number of aliphatic imine (C=N–C) groups is 1. The third-order valence-corrected chi connectivity index (χ3v) is 2.27. The molecule has 96 valence electrons. The van der Waals surface area contributed by atoms with Crippen molar-refractivity contribution in [2.24, 2.45) is 22.2 Å². The van der Waals surface area contributed by atoms with Crippen molar-refractivity contribution in [1.29, 1.82) is 0 Å². The molecule has 4 heteroatoms. The van der Waals surface area contributed by atoms with E-state index >= 15 is 0 Å². The number of hydrazine groups is 1. The standard InChI is InChI=1S/C12H27N3O/c1-10(9-12(2,3)4)8-11(15-13)14-6-7-16-5/h10H,6-9,13H2,1-5H3,(H,14,15). The molecule has 0 aromatic heterocycles. The second-order valence-electron chi connectivity index (χ2n) is 5.54. The highest BCUT2D eigenvalue weighted by molar-refractivity contribution is 5.81. The minimum Gasteiger partial charge on any atom is -0.383 e. The molecule has 0 aliphatic heterocycles. The zero-order valence-corrected chi connectivity index (χ0v) is 11.3. The number of nitrogens with two attached hydrogens (primary N) is 1. The lowest BCUT2D eigenvalue weighted by atomic mass is 9.84. The summed E-state index contributed by atoms with van der Waals surface area (Å²) in [6.07, 6.45) is 2.06. The molecular formula is C12H27N3O. The summed E-state index contributed by atoms with van der Waals surface area (Å²) in [5.74, 6) is 6.90. The molecule has 0 heterocycles. The topological polar surface area (TPSA) is 59.6 Å². The second kappa shape index (κ2) is 7.63. The normalized spacial score (nSPS) is 15.0. The van der Waals surface area contributed by atoms with Crippen LogP contribution < -0.4 is 11.3 Å². The highest BCUT2D eigenvalue weighted by Gasteiger charge is 2.16. The summed E-state index contributed by atoms with van der Waals surface area (Å²) < 4.78 is 4.95. The lowest BCUT2D eigenvalue weighted by molar-refractivity contribution is 0.208. The Balaban J connectivity index is 4.06. The lowest BCUT2D eigenvalue weighted by Crippen LogP contribution is -2.32. The second-order valence-corrected chi connectivity index (χ2v) is 5.54. The Morgan fingerprint density at radius 2 is 2.06 bits per heavy atom. The fourth-order valence-corrected chi connectivity index (χ4v) is 1.89. The predicted molar refractivity (Wildman–Crippen MR) is 69.4 cm³/mol. The summed E-state index contributed by atoms with van der Waals surface area (Å²) in [6.45, 7) is 10.3. The number of ether oxygens (including phenoxy) is 1. The summed E-state index contributed by atoms with van der Waals surface area (Å²) in [5.41, 5.74) is 3.02. The Morgan fingerprint density at radius 3 is 2.50 bits per heavy atom. The summed E-state index contributed by atoms with van der Waals surface area (Å²) in [4.78, 5) is 4.36. The van der Waals surface area contributed by atoms with Gasteiger partial charge in [-0.1, -0.05) is 27.7 Å². The van der Waals surface area contributed by atoms with E-state index < -0.39 is 0 Å². The van der Waals surface area contributed by atoms with Crippen molar-refractivity contribution in [2.75, 3.05) is 20.3 Å². The van der Waals surface area contributed by atoms with Crippen LogP contribution in [0.1, 0.15) is 40.5 Å². The maximum atomic E-state index is 5.45. The van der Waals surface area contributed by atoms with Gasteiger partial charge in [-0.25, -0.2) is 5.84 Å². The van der Waals surface area contributed by atoms with Gasteiger partial charge in [-0.2, -0.15) is 0 Å². The fourth-order valence-electron chi connectivity index (χ4n) is 1.89. The van der Waals surface area contributed by atoms with Crippen molar-refractivity contribution in [3.63, 3.8) is 0 Å². The SMILES string of the molecule is COCCN=C(CC(C)CC(C)(C)C)NN. The molecule has 0 spiro atoms. The maximum Gasteiger partial charge on any atom is 0.111 e. The molecule has 0 aliphatic rings. The summed E-state index contributed by atoms with van der Waals surface area (Å²) >= 11 is 0. The number of amidine groups is 1. The maximum absolute atomic E-state index is 5.45. The molecule has 0 amide bonds. The van der Waals surface area contributed by atoms with Crippen LogP contribution in [0, 0.1) is 11.3 Å². The van der Waals surface area contributed by atoms with Gasteiger partial charge in [0.1, 0.15) is 5.84 Å². The molecule has 0 aromatic rings. The van der Waals surface area contributed by atoms with Crippen molar-refractivity contribution in [2.45, 2.75) is 40.5 Å². The molecule has 0 rings (SSSR count). The molecular weight excluding hydrogens is 202 g/mol. The molecule has 3 N–H and O–H groups in total.